The zero-order chi connectivity index (χ0) is 20.1. The lowest BCUT2D eigenvalue weighted by Gasteiger charge is -2.09. The second kappa shape index (κ2) is 8.22. The first-order valence-electron chi connectivity index (χ1n) is 8.98. The lowest BCUT2D eigenvalue weighted by molar-refractivity contribution is -0.116. The van der Waals surface area contributed by atoms with Gasteiger partial charge in [-0.05, 0) is 48.5 Å². The second-order valence-corrected chi connectivity index (χ2v) is 6.31. The Morgan fingerprint density at radius 2 is 1.31 bits per heavy atom. The Bertz CT molecular complexity index is 1140. The minimum absolute atomic E-state index is 0.0556. The highest BCUT2D eigenvalue weighted by atomic mass is 16.2. The molecule has 0 saturated heterocycles. The van der Waals surface area contributed by atoms with Crippen molar-refractivity contribution >= 4 is 40.0 Å². The van der Waals surface area contributed by atoms with Crippen molar-refractivity contribution in [1.82, 2.24) is 15.0 Å². The van der Waals surface area contributed by atoms with Crippen LogP contribution in [-0.2, 0) is 11.3 Å². The molecule has 144 valence electrons. The van der Waals surface area contributed by atoms with E-state index in [0.29, 0.717) is 17.1 Å². The molecule has 3 N–H and O–H groups in total. The molecule has 0 aliphatic rings. The van der Waals surface area contributed by atoms with E-state index in [4.69, 9.17) is 0 Å². The molecule has 8 heteroatoms. The smallest absolute Gasteiger partial charge is 0.323 e. The number of benzene rings is 3. The van der Waals surface area contributed by atoms with E-state index in [1.54, 1.807) is 41.1 Å². The van der Waals surface area contributed by atoms with Crippen molar-refractivity contribution in [2.45, 2.75) is 6.54 Å². The molecule has 0 saturated carbocycles. The predicted octanol–water partition coefficient (Wildman–Crippen LogP) is 3.71. The lowest BCUT2D eigenvalue weighted by atomic mass is 10.2. The van der Waals surface area contributed by atoms with E-state index in [1.165, 1.54) is 0 Å². The highest BCUT2D eigenvalue weighted by molar-refractivity contribution is 6.00. The third-order valence-corrected chi connectivity index (χ3v) is 4.17. The number of nitrogens with zero attached hydrogens (tertiary/aromatic N) is 3. The minimum atomic E-state index is -0.342. The maximum Gasteiger partial charge on any atom is 0.323 e. The van der Waals surface area contributed by atoms with Gasteiger partial charge in [-0.3, -0.25) is 4.79 Å². The van der Waals surface area contributed by atoms with Crippen LogP contribution in [0.3, 0.4) is 0 Å². The number of urea groups is 1. The van der Waals surface area contributed by atoms with Crippen LogP contribution in [0.25, 0.3) is 11.0 Å². The molecule has 0 spiro atoms. The van der Waals surface area contributed by atoms with Crippen molar-refractivity contribution < 1.29 is 9.59 Å². The van der Waals surface area contributed by atoms with E-state index in [2.05, 4.69) is 26.3 Å². The van der Waals surface area contributed by atoms with Gasteiger partial charge >= 0.3 is 6.03 Å². The van der Waals surface area contributed by atoms with Crippen molar-refractivity contribution in [2.24, 2.45) is 0 Å². The van der Waals surface area contributed by atoms with E-state index in [-0.39, 0.29) is 18.5 Å². The van der Waals surface area contributed by atoms with Gasteiger partial charge < -0.3 is 16.0 Å². The lowest BCUT2D eigenvalue weighted by Crippen LogP contribution is -2.20. The van der Waals surface area contributed by atoms with Crippen LogP contribution < -0.4 is 16.0 Å². The summed E-state index contributed by atoms with van der Waals surface area (Å²) in [7, 11) is 0. The molecule has 0 fully saturated rings. The summed E-state index contributed by atoms with van der Waals surface area (Å²) in [5.41, 5.74) is 3.47. The molecule has 1 heterocycles. The average Bonchev–Trinajstić information content (AvgIpc) is 3.13. The molecule has 4 aromatic rings. The van der Waals surface area contributed by atoms with Gasteiger partial charge in [0.25, 0.3) is 0 Å². The van der Waals surface area contributed by atoms with Gasteiger partial charge in [-0.15, -0.1) is 5.10 Å². The van der Waals surface area contributed by atoms with Crippen LogP contribution in [0, 0.1) is 0 Å². The summed E-state index contributed by atoms with van der Waals surface area (Å²) in [5.74, 6) is -0.219. The Morgan fingerprint density at radius 3 is 2.03 bits per heavy atom. The Hall–Kier alpha value is -4.20. The minimum Gasteiger partial charge on any atom is -0.324 e. The number of carbonyl (C=O) groups is 2. The molecule has 29 heavy (non-hydrogen) atoms. The highest BCUT2D eigenvalue weighted by Gasteiger charge is 2.09. The molecule has 8 nitrogen and oxygen atoms in total. The SMILES string of the molecule is O=C(Cn1nnc2ccccc21)Nc1ccc(NC(=O)Nc2ccccc2)cc1. The normalized spacial score (nSPS) is 10.5. The topological polar surface area (TPSA) is 101 Å². The van der Waals surface area contributed by atoms with Crippen LogP contribution in [-0.4, -0.2) is 26.9 Å². The average molecular weight is 386 g/mol. The molecule has 3 aromatic carbocycles. The molecule has 0 unspecified atom stereocenters. The fraction of sp³-hybridized carbons (Fsp3) is 0.0476. The van der Waals surface area contributed by atoms with Gasteiger partial charge in [0, 0.05) is 17.1 Å². The van der Waals surface area contributed by atoms with Crippen LogP contribution in [0.1, 0.15) is 0 Å². The third-order valence-electron chi connectivity index (χ3n) is 4.17. The van der Waals surface area contributed by atoms with Crippen molar-refractivity contribution in [3.8, 4) is 0 Å². The summed E-state index contributed by atoms with van der Waals surface area (Å²) in [6, 6.07) is 23.1. The van der Waals surface area contributed by atoms with E-state index in [9.17, 15) is 9.59 Å². The molecule has 0 bridgehead atoms. The quantitative estimate of drug-likeness (QED) is 0.487. The van der Waals surface area contributed by atoms with Crippen molar-refractivity contribution in [3.05, 3.63) is 78.9 Å². The highest BCUT2D eigenvalue weighted by Crippen LogP contribution is 2.15. The molecule has 1 aromatic heterocycles. The first-order chi connectivity index (χ1) is 14.2. The summed E-state index contributed by atoms with van der Waals surface area (Å²) >= 11 is 0. The van der Waals surface area contributed by atoms with Crippen molar-refractivity contribution in [2.75, 3.05) is 16.0 Å². The Labute approximate surface area is 166 Å². The van der Waals surface area contributed by atoms with Gasteiger partial charge in [-0.2, -0.15) is 0 Å². The predicted molar refractivity (Wildman–Crippen MR) is 112 cm³/mol. The molecule has 0 atom stereocenters. The number of nitrogens with one attached hydrogen (secondary N) is 3. The second-order valence-electron chi connectivity index (χ2n) is 6.31. The maximum absolute atomic E-state index is 12.3. The number of carbonyl (C=O) groups excluding carboxylic acids is 2. The number of aromatic nitrogens is 3. The summed E-state index contributed by atoms with van der Waals surface area (Å²) in [6.07, 6.45) is 0. The molecule has 0 aliphatic carbocycles. The number of rotatable bonds is 5. The van der Waals surface area contributed by atoms with Gasteiger partial charge in [0.1, 0.15) is 12.1 Å². The first kappa shape index (κ1) is 18.2. The number of fused-ring (bicyclic) bond motifs is 1. The Morgan fingerprint density at radius 1 is 0.724 bits per heavy atom. The molecular weight excluding hydrogens is 368 g/mol. The molecular formula is C21H18N6O2. The van der Waals surface area contributed by atoms with Gasteiger partial charge in [0.05, 0.1) is 5.52 Å². The number of hydrogen-bond donors (Lipinski definition) is 3. The van der Waals surface area contributed by atoms with Crippen molar-refractivity contribution in [1.29, 1.82) is 0 Å². The van der Waals surface area contributed by atoms with Gasteiger partial charge in [0.15, 0.2) is 0 Å². The fourth-order valence-corrected chi connectivity index (χ4v) is 2.82. The number of anilines is 3. The summed E-state index contributed by atoms with van der Waals surface area (Å²) < 4.78 is 1.55. The van der Waals surface area contributed by atoms with Gasteiger partial charge in [-0.25, -0.2) is 9.48 Å². The Kier molecular flexibility index (Phi) is 5.15. The maximum atomic E-state index is 12.3. The summed E-state index contributed by atoms with van der Waals surface area (Å²) in [6.45, 7) is 0.0556. The number of amides is 3. The first-order valence-corrected chi connectivity index (χ1v) is 8.98. The standard InChI is InChI=1S/C21H18N6O2/c28-20(14-27-19-9-5-4-8-18(19)25-26-27)22-16-10-12-17(13-11-16)24-21(29)23-15-6-2-1-3-7-15/h1-13H,14H2,(H,22,28)(H2,23,24,29). The summed E-state index contributed by atoms with van der Waals surface area (Å²) in [5, 5.41) is 16.3. The third kappa shape index (κ3) is 4.56. The zero-order valence-corrected chi connectivity index (χ0v) is 15.4. The monoisotopic (exact) mass is 386 g/mol. The molecule has 0 aliphatic heterocycles. The number of hydrogen-bond acceptors (Lipinski definition) is 4. The van der Waals surface area contributed by atoms with E-state index < -0.39 is 0 Å². The van der Waals surface area contributed by atoms with Crippen LogP contribution in [0.15, 0.2) is 78.9 Å². The molecule has 0 radical (unpaired) electrons. The zero-order valence-electron chi connectivity index (χ0n) is 15.4. The van der Waals surface area contributed by atoms with E-state index >= 15 is 0 Å². The van der Waals surface area contributed by atoms with Gasteiger partial charge in [0.2, 0.25) is 5.91 Å². The summed E-state index contributed by atoms with van der Waals surface area (Å²) in [4.78, 5) is 24.3. The number of para-hydroxylation sites is 2. The van der Waals surface area contributed by atoms with Crippen LogP contribution >= 0.6 is 0 Å². The van der Waals surface area contributed by atoms with E-state index in [0.717, 1.165) is 11.0 Å². The van der Waals surface area contributed by atoms with Crippen LogP contribution in [0.2, 0.25) is 0 Å². The fourth-order valence-electron chi connectivity index (χ4n) is 2.82. The van der Waals surface area contributed by atoms with Gasteiger partial charge in [-0.1, -0.05) is 35.5 Å². The Balaban J connectivity index is 1.33. The van der Waals surface area contributed by atoms with Crippen molar-refractivity contribution in [3.63, 3.8) is 0 Å². The van der Waals surface area contributed by atoms with Crippen LogP contribution in [0.4, 0.5) is 21.9 Å². The van der Waals surface area contributed by atoms with E-state index in [1.807, 2.05) is 42.5 Å². The molecule has 4 rings (SSSR count). The van der Waals surface area contributed by atoms with Crippen LogP contribution in [0.5, 0.6) is 0 Å². The molecule has 3 amide bonds. The largest absolute Gasteiger partial charge is 0.324 e.